The summed E-state index contributed by atoms with van der Waals surface area (Å²) in [5.74, 6) is 0.709. The number of amides is 1. The predicted molar refractivity (Wildman–Crippen MR) is 94.3 cm³/mol. The first-order chi connectivity index (χ1) is 12.6. The average Bonchev–Trinajstić information content (AvgIpc) is 3.13. The van der Waals surface area contributed by atoms with E-state index >= 15 is 0 Å². The molecule has 6 heteroatoms. The van der Waals surface area contributed by atoms with Gasteiger partial charge in [0.1, 0.15) is 0 Å². The van der Waals surface area contributed by atoms with Gasteiger partial charge < -0.3 is 14.8 Å². The van der Waals surface area contributed by atoms with Crippen LogP contribution in [0.2, 0.25) is 0 Å². The predicted octanol–water partition coefficient (Wildman–Crippen LogP) is 4.62. The van der Waals surface area contributed by atoms with Crippen LogP contribution in [-0.4, -0.2) is 18.7 Å². The molecule has 0 fully saturated rings. The average molecular weight is 359 g/mol. The lowest BCUT2D eigenvalue weighted by atomic mass is 9.97. The molecule has 1 aliphatic rings. The lowest BCUT2D eigenvalue weighted by Crippen LogP contribution is -2.34. The molecule has 1 atom stereocenters. The van der Waals surface area contributed by atoms with Gasteiger partial charge in [-0.2, -0.15) is 8.78 Å². The van der Waals surface area contributed by atoms with Crippen molar-refractivity contribution >= 4 is 11.5 Å². The molecular formula is C20H19F2NO3. The summed E-state index contributed by atoms with van der Waals surface area (Å²) >= 11 is 0. The summed E-state index contributed by atoms with van der Waals surface area (Å²) in [5.41, 5.74) is 0.755. The van der Waals surface area contributed by atoms with E-state index in [0.29, 0.717) is 29.0 Å². The minimum atomic E-state index is -1.77. The Bertz CT molecular complexity index is 817. The fourth-order valence-electron chi connectivity index (χ4n) is 2.79. The van der Waals surface area contributed by atoms with Gasteiger partial charge in [-0.05, 0) is 42.7 Å². The first kappa shape index (κ1) is 17.9. The molecule has 4 nitrogen and oxygen atoms in total. The van der Waals surface area contributed by atoms with Crippen molar-refractivity contribution in [2.75, 3.05) is 6.79 Å². The molecule has 0 spiro atoms. The Morgan fingerprint density at radius 1 is 1.08 bits per heavy atom. The van der Waals surface area contributed by atoms with Gasteiger partial charge in [-0.3, -0.25) is 4.79 Å². The molecule has 2 aromatic carbocycles. The lowest BCUT2D eigenvalue weighted by molar-refractivity contribution is 0.0936. The highest BCUT2D eigenvalue weighted by molar-refractivity contribution is 5.94. The molecule has 1 unspecified atom stereocenters. The molecule has 26 heavy (non-hydrogen) atoms. The standard InChI is InChI=1S/C20H19F2NO3/c1-2-15(23-20(24)13-6-4-3-5-7-13)11-16(19(21)22)14-8-9-17-18(10-14)26-12-25-17/h3-10,15H,2,11-12H2,1H3,(H,23,24). The fraction of sp³-hybridized carbons (Fsp3) is 0.250. The highest BCUT2D eigenvalue weighted by Gasteiger charge is 2.21. The molecule has 1 heterocycles. The summed E-state index contributed by atoms with van der Waals surface area (Å²) in [5, 5.41) is 2.83. The van der Waals surface area contributed by atoms with Gasteiger partial charge in [-0.25, -0.2) is 0 Å². The molecule has 0 aromatic heterocycles. The molecule has 3 rings (SSSR count). The summed E-state index contributed by atoms with van der Waals surface area (Å²) in [7, 11) is 0. The van der Waals surface area contributed by atoms with Crippen LogP contribution in [0.15, 0.2) is 54.6 Å². The van der Waals surface area contributed by atoms with E-state index < -0.39 is 12.1 Å². The molecule has 0 saturated heterocycles. The van der Waals surface area contributed by atoms with Gasteiger partial charge in [0.15, 0.2) is 11.5 Å². The van der Waals surface area contributed by atoms with E-state index in [0.717, 1.165) is 0 Å². The number of fused-ring (bicyclic) bond motifs is 1. The Morgan fingerprint density at radius 2 is 1.81 bits per heavy atom. The monoisotopic (exact) mass is 359 g/mol. The van der Waals surface area contributed by atoms with E-state index in [2.05, 4.69) is 5.32 Å². The molecule has 1 amide bonds. The van der Waals surface area contributed by atoms with Crippen molar-refractivity contribution in [2.24, 2.45) is 0 Å². The third-order valence-corrected chi connectivity index (χ3v) is 4.26. The van der Waals surface area contributed by atoms with Crippen molar-refractivity contribution in [1.82, 2.24) is 5.32 Å². The summed E-state index contributed by atoms with van der Waals surface area (Å²) in [4.78, 5) is 12.3. The molecule has 1 N–H and O–H groups in total. The summed E-state index contributed by atoms with van der Waals surface area (Å²) in [6.45, 7) is 1.93. The maximum atomic E-state index is 13.6. The number of nitrogens with one attached hydrogen (secondary N) is 1. The maximum absolute atomic E-state index is 13.6. The van der Waals surface area contributed by atoms with E-state index in [1.807, 2.05) is 13.0 Å². The Morgan fingerprint density at radius 3 is 2.50 bits per heavy atom. The van der Waals surface area contributed by atoms with Crippen molar-refractivity contribution in [3.63, 3.8) is 0 Å². The second-order valence-electron chi connectivity index (χ2n) is 5.96. The van der Waals surface area contributed by atoms with Crippen LogP contribution in [0, 0.1) is 0 Å². The highest BCUT2D eigenvalue weighted by atomic mass is 19.3. The normalized spacial score (nSPS) is 13.2. The lowest BCUT2D eigenvalue weighted by Gasteiger charge is -2.19. The van der Waals surface area contributed by atoms with Crippen LogP contribution in [-0.2, 0) is 0 Å². The number of carbonyl (C=O) groups excluding carboxylic acids is 1. The molecule has 0 radical (unpaired) electrons. The SMILES string of the molecule is CCC(CC(=C(F)F)c1ccc2c(c1)OCO2)NC(=O)c1ccccc1. The van der Waals surface area contributed by atoms with Gasteiger partial charge in [0.25, 0.3) is 12.0 Å². The van der Waals surface area contributed by atoms with Gasteiger partial charge in [-0.15, -0.1) is 0 Å². The number of halogens is 2. The van der Waals surface area contributed by atoms with E-state index in [1.165, 1.54) is 0 Å². The minimum Gasteiger partial charge on any atom is -0.454 e. The summed E-state index contributed by atoms with van der Waals surface area (Å²) < 4.78 is 37.7. The largest absolute Gasteiger partial charge is 0.454 e. The van der Waals surface area contributed by atoms with Crippen molar-refractivity contribution in [2.45, 2.75) is 25.8 Å². The minimum absolute atomic E-state index is 0.0249. The van der Waals surface area contributed by atoms with Crippen molar-refractivity contribution in [3.05, 3.63) is 65.7 Å². The second-order valence-corrected chi connectivity index (χ2v) is 5.96. The Hall–Kier alpha value is -2.89. The second kappa shape index (κ2) is 7.99. The third kappa shape index (κ3) is 4.02. The van der Waals surface area contributed by atoms with Crippen LogP contribution in [0.4, 0.5) is 8.78 Å². The van der Waals surface area contributed by atoms with E-state index in [1.54, 1.807) is 42.5 Å². The maximum Gasteiger partial charge on any atom is 0.274 e. The zero-order chi connectivity index (χ0) is 18.5. The van der Waals surface area contributed by atoms with Crippen molar-refractivity contribution < 1.29 is 23.0 Å². The summed E-state index contributed by atoms with van der Waals surface area (Å²) in [6.07, 6.45) is -1.21. The smallest absolute Gasteiger partial charge is 0.274 e. The molecule has 1 aliphatic heterocycles. The number of hydrogen-bond acceptors (Lipinski definition) is 3. The van der Waals surface area contributed by atoms with Crippen LogP contribution in [0.5, 0.6) is 11.5 Å². The number of rotatable bonds is 6. The first-order valence-corrected chi connectivity index (χ1v) is 8.38. The van der Waals surface area contributed by atoms with Gasteiger partial charge >= 0.3 is 0 Å². The van der Waals surface area contributed by atoms with Crippen molar-refractivity contribution in [3.8, 4) is 11.5 Å². The van der Waals surface area contributed by atoms with Gasteiger partial charge in [0, 0.05) is 17.2 Å². The Balaban J connectivity index is 1.76. The zero-order valence-electron chi connectivity index (χ0n) is 14.3. The zero-order valence-corrected chi connectivity index (χ0v) is 14.3. The van der Waals surface area contributed by atoms with Gasteiger partial charge in [-0.1, -0.05) is 31.2 Å². The quantitative estimate of drug-likeness (QED) is 0.819. The van der Waals surface area contributed by atoms with Crippen LogP contribution < -0.4 is 14.8 Å². The number of benzene rings is 2. The number of carbonyl (C=O) groups is 1. The number of ether oxygens (including phenoxy) is 2. The van der Waals surface area contributed by atoms with Gasteiger partial charge in [0.2, 0.25) is 6.79 Å². The van der Waals surface area contributed by atoms with E-state index in [4.69, 9.17) is 9.47 Å². The van der Waals surface area contributed by atoms with Crippen LogP contribution in [0.25, 0.3) is 5.57 Å². The fourth-order valence-corrected chi connectivity index (χ4v) is 2.79. The Kier molecular flexibility index (Phi) is 5.51. The molecular weight excluding hydrogens is 340 g/mol. The number of hydrogen-bond donors (Lipinski definition) is 1. The summed E-state index contributed by atoms with van der Waals surface area (Å²) in [6, 6.07) is 13.0. The van der Waals surface area contributed by atoms with E-state index in [-0.39, 0.29) is 24.7 Å². The van der Waals surface area contributed by atoms with Gasteiger partial charge in [0.05, 0.1) is 0 Å². The third-order valence-electron chi connectivity index (χ3n) is 4.26. The molecule has 0 aliphatic carbocycles. The van der Waals surface area contributed by atoms with Crippen LogP contribution in [0.1, 0.15) is 35.7 Å². The van der Waals surface area contributed by atoms with Crippen molar-refractivity contribution in [1.29, 1.82) is 0 Å². The Labute approximate surface area is 150 Å². The molecule has 136 valence electrons. The van der Waals surface area contributed by atoms with Crippen LogP contribution in [0.3, 0.4) is 0 Å². The topological polar surface area (TPSA) is 47.6 Å². The van der Waals surface area contributed by atoms with Crippen LogP contribution >= 0.6 is 0 Å². The van der Waals surface area contributed by atoms with E-state index in [9.17, 15) is 13.6 Å². The molecule has 2 aromatic rings. The highest BCUT2D eigenvalue weighted by Crippen LogP contribution is 2.36. The molecule has 0 saturated carbocycles. The first-order valence-electron chi connectivity index (χ1n) is 8.38. The molecule has 0 bridgehead atoms.